The van der Waals surface area contributed by atoms with Gasteiger partial charge in [0.05, 0.1) is 34.4 Å². The Labute approximate surface area is 200 Å². The number of nitrogens with zero attached hydrogens (tertiary/aromatic N) is 4. The summed E-state index contributed by atoms with van der Waals surface area (Å²) in [5, 5.41) is 32.7. The topological polar surface area (TPSA) is 110 Å². The van der Waals surface area contributed by atoms with Crippen molar-refractivity contribution in [1.82, 2.24) is 0 Å². The number of aromatic carboxylic acids is 1. The first-order valence-electron chi connectivity index (χ1n) is 8.59. The zero-order chi connectivity index (χ0) is 21.0. The summed E-state index contributed by atoms with van der Waals surface area (Å²) in [7, 11) is 0. The number of aryl methyl sites for hydroxylation is 2. The molecule has 0 atom stereocenters. The summed E-state index contributed by atoms with van der Waals surface area (Å²) in [6.07, 6.45) is 0. The second-order valence-corrected chi connectivity index (χ2v) is 6.51. The number of hydrogen-bond acceptors (Lipinski definition) is 6. The van der Waals surface area contributed by atoms with E-state index in [9.17, 15) is 9.90 Å². The van der Waals surface area contributed by atoms with Gasteiger partial charge in [0.1, 0.15) is 0 Å². The van der Waals surface area contributed by atoms with Gasteiger partial charge in [0.15, 0.2) is 0 Å². The van der Waals surface area contributed by atoms with Crippen molar-refractivity contribution in [3.63, 3.8) is 0 Å². The van der Waals surface area contributed by atoms with E-state index in [1.807, 2.05) is 50.2 Å². The summed E-state index contributed by atoms with van der Waals surface area (Å²) in [6.45, 7) is 3.84. The van der Waals surface area contributed by atoms with Gasteiger partial charge in [-0.1, -0.05) is 28.6 Å². The molecule has 1 N–H and O–H groups in total. The number of hydrogen-bond donors (Lipinski definition) is 1. The first kappa shape index (κ1) is 23.7. The fourth-order valence-electron chi connectivity index (χ4n) is 2.79. The average molecular weight is 431 g/mol. The van der Waals surface area contributed by atoms with E-state index in [1.54, 1.807) is 0 Å². The van der Waals surface area contributed by atoms with Crippen LogP contribution >= 0.6 is 11.8 Å². The van der Waals surface area contributed by atoms with Crippen molar-refractivity contribution in [2.24, 2.45) is 20.0 Å². The van der Waals surface area contributed by atoms with Crippen molar-refractivity contribution in [3.05, 3.63) is 71.3 Å². The molecule has 0 amide bonds. The minimum atomic E-state index is -1.29. The minimum Gasteiger partial charge on any atom is -0.872 e. The molecule has 3 aromatic carbocycles. The van der Waals surface area contributed by atoms with Crippen molar-refractivity contribution in [1.29, 1.82) is 0 Å². The van der Waals surface area contributed by atoms with E-state index in [1.165, 1.54) is 18.2 Å². The molecule has 0 saturated heterocycles. The Morgan fingerprint density at radius 3 is 1.93 bits per heavy atom. The van der Waals surface area contributed by atoms with Crippen molar-refractivity contribution >= 4 is 34.8 Å². The smallest absolute Gasteiger partial charge is 0.872 e. The van der Waals surface area contributed by atoms with Gasteiger partial charge in [0.25, 0.3) is 0 Å². The zero-order valence-corrected chi connectivity index (χ0v) is 19.4. The maximum absolute atomic E-state index is 11.5. The van der Waals surface area contributed by atoms with Crippen LogP contribution in [0.1, 0.15) is 21.5 Å². The Hall–Kier alpha value is -2.58. The third kappa shape index (κ3) is 5.52. The molecule has 7 nitrogen and oxygen atoms in total. The van der Waals surface area contributed by atoms with Gasteiger partial charge in [-0.3, -0.25) is 0 Å². The van der Waals surface area contributed by atoms with Gasteiger partial charge in [-0.2, -0.15) is 10.2 Å². The molecule has 0 aliphatic carbocycles. The van der Waals surface area contributed by atoms with Crippen molar-refractivity contribution in [3.8, 4) is 16.9 Å². The van der Waals surface area contributed by atoms with E-state index in [0.29, 0.717) is 17.1 Å². The van der Waals surface area contributed by atoms with E-state index < -0.39 is 11.7 Å². The monoisotopic (exact) mass is 430 g/mol. The molecule has 3 rings (SSSR count). The van der Waals surface area contributed by atoms with E-state index >= 15 is 0 Å². The summed E-state index contributed by atoms with van der Waals surface area (Å²) >= 11 is 5.30. The van der Waals surface area contributed by atoms with Crippen molar-refractivity contribution < 1.29 is 44.6 Å². The number of benzene rings is 3. The third-order valence-electron chi connectivity index (χ3n) is 4.34. The van der Waals surface area contributed by atoms with Crippen LogP contribution in [-0.2, 0) is 0 Å². The molecule has 3 aromatic rings. The van der Waals surface area contributed by atoms with Crippen LogP contribution in [0.4, 0.5) is 17.1 Å². The van der Waals surface area contributed by atoms with Gasteiger partial charge in [-0.25, -0.2) is 4.79 Å². The van der Waals surface area contributed by atoms with E-state index in [-0.39, 0.29) is 35.1 Å². The Balaban J connectivity index is 0.00000320. The molecule has 0 bridgehead atoms. The molecule has 0 unspecified atom stereocenters. The van der Waals surface area contributed by atoms with Crippen LogP contribution in [0, 0.1) is 13.8 Å². The van der Waals surface area contributed by atoms with Crippen LogP contribution in [0.5, 0.6) is 5.75 Å². The molecule has 0 aromatic heterocycles. The summed E-state index contributed by atoms with van der Waals surface area (Å²) in [5.41, 5.74) is 5.17. The molecule has 0 radical (unpaired) electrons. The van der Waals surface area contributed by atoms with Crippen LogP contribution in [0.2, 0.25) is 0 Å². The van der Waals surface area contributed by atoms with Gasteiger partial charge in [-0.15, -0.1) is 5.11 Å². The number of rotatable bonds is 5. The van der Waals surface area contributed by atoms with Crippen LogP contribution in [0.3, 0.4) is 0 Å². The van der Waals surface area contributed by atoms with Crippen LogP contribution < -0.4 is 34.7 Å². The standard InChI is InChI=1S/C21H17ClN4O3.Na/c1-12-9-14(15-4-7-19(25-26-22)13(2)10-15)3-6-18(12)24-23-16-5-8-20(27)17(11-16)21(28)29;/h3-11,27H,1-2H3,(H,28,29);/q;+1/p-1. The summed E-state index contributed by atoms with van der Waals surface area (Å²) in [4.78, 5) is 11.1. The molecule has 0 fully saturated rings. The number of halogens is 1. The average Bonchev–Trinajstić information content (AvgIpc) is 2.69. The molecule has 0 spiro atoms. The van der Waals surface area contributed by atoms with Crippen LogP contribution in [-0.4, -0.2) is 11.1 Å². The fourth-order valence-corrected chi connectivity index (χ4v) is 2.88. The van der Waals surface area contributed by atoms with Gasteiger partial charge in [-0.05, 0) is 72.5 Å². The van der Waals surface area contributed by atoms with Crippen LogP contribution in [0.25, 0.3) is 11.1 Å². The summed E-state index contributed by atoms with van der Waals surface area (Å²) in [5.74, 6) is -1.85. The third-order valence-corrected chi connectivity index (χ3v) is 4.41. The van der Waals surface area contributed by atoms with Crippen molar-refractivity contribution in [2.45, 2.75) is 13.8 Å². The van der Waals surface area contributed by atoms with Gasteiger partial charge in [0, 0.05) is 0 Å². The minimum absolute atomic E-state index is 0. The maximum Gasteiger partial charge on any atom is 1.00 e. The molecule has 0 heterocycles. The zero-order valence-electron chi connectivity index (χ0n) is 16.6. The second-order valence-electron chi connectivity index (χ2n) is 6.36. The first-order chi connectivity index (χ1) is 13.9. The molecule has 0 aliphatic rings. The first-order valence-corrected chi connectivity index (χ1v) is 8.92. The fraction of sp³-hybridized carbons (Fsp3) is 0.0952. The Bertz CT molecular complexity index is 1150. The van der Waals surface area contributed by atoms with Gasteiger partial charge >= 0.3 is 35.5 Å². The van der Waals surface area contributed by atoms with E-state index in [0.717, 1.165) is 22.3 Å². The summed E-state index contributed by atoms with van der Waals surface area (Å²) in [6, 6.07) is 15.3. The predicted octanol–water partition coefficient (Wildman–Crippen LogP) is 3.40. The number of carboxylic acids is 1. The Kier molecular flexibility index (Phi) is 8.25. The largest absolute Gasteiger partial charge is 1.00 e. The molecule has 146 valence electrons. The Morgan fingerprint density at radius 2 is 1.43 bits per heavy atom. The molecular formula is C21H16ClN4NaO3. The summed E-state index contributed by atoms with van der Waals surface area (Å²) < 4.78 is 3.28. The number of azo groups is 1. The number of carbonyl (C=O) groups is 1. The number of carboxylic acid groups (broad SMARTS) is 1. The SMILES string of the molecule is Cc1cc(-c2ccc(N=Nc3ccc([O-])c(C(=O)O)c3)c(C)c2)ccc1N=NCl.[Na+]. The Morgan fingerprint density at radius 1 is 0.867 bits per heavy atom. The van der Waals surface area contributed by atoms with E-state index in [4.69, 9.17) is 16.9 Å². The van der Waals surface area contributed by atoms with Crippen LogP contribution in [0.15, 0.2) is 74.6 Å². The van der Waals surface area contributed by atoms with Gasteiger partial charge < -0.3 is 10.2 Å². The molecule has 0 aliphatic heterocycles. The van der Waals surface area contributed by atoms with Crippen molar-refractivity contribution in [2.75, 3.05) is 0 Å². The predicted molar refractivity (Wildman–Crippen MR) is 109 cm³/mol. The van der Waals surface area contributed by atoms with E-state index in [2.05, 4.69) is 20.0 Å². The van der Waals surface area contributed by atoms with Gasteiger partial charge in [0.2, 0.25) is 0 Å². The molecule has 0 saturated carbocycles. The molecular weight excluding hydrogens is 415 g/mol. The second kappa shape index (κ2) is 10.4. The molecule has 30 heavy (non-hydrogen) atoms. The molecule has 9 heteroatoms. The normalized spacial score (nSPS) is 11.0. The quantitative estimate of drug-likeness (QED) is 0.494. The maximum atomic E-state index is 11.5.